The molecule has 0 heterocycles. The van der Waals surface area contributed by atoms with Gasteiger partial charge < -0.3 is 0 Å². The van der Waals surface area contributed by atoms with Crippen LogP contribution in [0.25, 0.3) is 5.57 Å². The fourth-order valence-electron chi connectivity index (χ4n) is 2.03. The summed E-state index contributed by atoms with van der Waals surface area (Å²) in [6.07, 6.45) is 2.42. The average molecular weight is 186 g/mol. The summed E-state index contributed by atoms with van der Waals surface area (Å²) in [5.74, 6) is 0.244. The molecule has 1 aromatic carbocycles. The van der Waals surface area contributed by atoms with Crippen LogP contribution in [-0.4, -0.2) is 5.78 Å². The molecule has 0 spiro atoms. The molecule has 0 N–H and O–H groups in total. The van der Waals surface area contributed by atoms with Gasteiger partial charge in [-0.05, 0) is 22.6 Å². The number of rotatable bonds is 1. The van der Waals surface area contributed by atoms with Crippen molar-refractivity contribution in [2.45, 2.75) is 20.3 Å². The second-order valence-corrected chi connectivity index (χ2v) is 4.45. The summed E-state index contributed by atoms with van der Waals surface area (Å²) >= 11 is 0. The van der Waals surface area contributed by atoms with Gasteiger partial charge in [-0.3, -0.25) is 4.79 Å². The number of allylic oxidation sites excluding steroid dienone is 2. The quantitative estimate of drug-likeness (QED) is 0.658. The summed E-state index contributed by atoms with van der Waals surface area (Å²) in [4.78, 5) is 11.4. The Morgan fingerprint density at radius 2 is 1.79 bits per heavy atom. The first-order chi connectivity index (χ1) is 6.59. The van der Waals surface area contributed by atoms with Gasteiger partial charge in [0, 0.05) is 6.42 Å². The molecule has 0 radical (unpaired) electrons. The number of carbonyl (C=O) groups is 1. The van der Waals surface area contributed by atoms with E-state index in [4.69, 9.17) is 0 Å². The summed E-state index contributed by atoms with van der Waals surface area (Å²) in [5, 5.41) is 0. The highest BCUT2D eigenvalue weighted by Crippen LogP contribution is 2.42. The second-order valence-electron chi connectivity index (χ2n) is 4.45. The Hall–Kier alpha value is -1.37. The topological polar surface area (TPSA) is 17.1 Å². The summed E-state index contributed by atoms with van der Waals surface area (Å²) in [5.41, 5.74) is 2.34. The molecule has 1 aromatic rings. The molecule has 0 aliphatic heterocycles. The first kappa shape index (κ1) is 9.20. The van der Waals surface area contributed by atoms with E-state index in [1.165, 1.54) is 11.1 Å². The lowest BCUT2D eigenvalue weighted by atomic mass is 9.82. The molecule has 14 heavy (non-hydrogen) atoms. The van der Waals surface area contributed by atoms with Gasteiger partial charge in [-0.1, -0.05) is 44.2 Å². The van der Waals surface area contributed by atoms with Gasteiger partial charge in [-0.2, -0.15) is 0 Å². The van der Waals surface area contributed by atoms with E-state index in [2.05, 4.69) is 26.0 Å². The molecule has 0 fully saturated rings. The van der Waals surface area contributed by atoms with Crippen molar-refractivity contribution in [3.05, 3.63) is 42.0 Å². The van der Waals surface area contributed by atoms with Crippen molar-refractivity contribution in [1.29, 1.82) is 0 Å². The van der Waals surface area contributed by atoms with Crippen LogP contribution in [0.5, 0.6) is 0 Å². The summed E-state index contributed by atoms with van der Waals surface area (Å²) in [7, 11) is 0. The molecular weight excluding hydrogens is 172 g/mol. The lowest BCUT2D eigenvalue weighted by molar-refractivity contribution is -0.114. The van der Waals surface area contributed by atoms with Gasteiger partial charge in [0.1, 0.15) is 0 Å². The van der Waals surface area contributed by atoms with Crippen LogP contribution in [0, 0.1) is 5.41 Å². The molecule has 1 heteroatoms. The molecule has 0 unspecified atom stereocenters. The molecule has 0 aromatic heterocycles. The Morgan fingerprint density at radius 1 is 1.14 bits per heavy atom. The normalized spacial score (nSPS) is 19.6. The molecule has 0 bridgehead atoms. The number of benzene rings is 1. The van der Waals surface area contributed by atoms with E-state index in [1.54, 1.807) is 6.08 Å². The molecule has 0 amide bonds. The third-order valence-corrected chi connectivity index (χ3v) is 2.74. The summed E-state index contributed by atoms with van der Waals surface area (Å²) in [6.45, 7) is 4.24. The maximum atomic E-state index is 11.4. The van der Waals surface area contributed by atoms with E-state index < -0.39 is 0 Å². The van der Waals surface area contributed by atoms with Crippen LogP contribution in [0.1, 0.15) is 25.8 Å². The second kappa shape index (κ2) is 3.09. The van der Waals surface area contributed by atoms with E-state index in [1.807, 2.05) is 18.2 Å². The van der Waals surface area contributed by atoms with Crippen LogP contribution in [0.4, 0.5) is 0 Å². The minimum absolute atomic E-state index is 0.00155. The Bertz CT molecular complexity index is 385. The first-order valence-electron chi connectivity index (χ1n) is 4.90. The SMILES string of the molecule is CC1(C)CC(=O)C=C1c1ccccc1. The number of hydrogen-bond donors (Lipinski definition) is 0. The minimum atomic E-state index is -0.00155. The maximum absolute atomic E-state index is 11.4. The van der Waals surface area contributed by atoms with Crippen molar-refractivity contribution in [1.82, 2.24) is 0 Å². The van der Waals surface area contributed by atoms with Crippen LogP contribution < -0.4 is 0 Å². The Kier molecular flexibility index (Phi) is 2.03. The predicted molar refractivity (Wildman–Crippen MR) is 57.8 cm³/mol. The standard InChI is InChI=1S/C13H14O/c1-13(2)9-11(14)8-12(13)10-6-4-3-5-7-10/h3-8H,9H2,1-2H3. The summed E-state index contributed by atoms with van der Waals surface area (Å²) < 4.78 is 0. The largest absolute Gasteiger partial charge is 0.295 e. The first-order valence-corrected chi connectivity index (χ1v) is 4.90. The molecular formula is C13H14O. The van der Waals surface area contributed by atoms with Crippen LogP contribution in [-0.2, 0) is 4.79 Å². The Labute approximate surface area is 84.5 Å². The molecule has 0 atom stereocenters. The van der Waals surface area contributed by atoms with Crippen molar-refractivity contribution >= 4 is 11.4 Å². The zero-order chi connectivity index (χ0) is 10.2. The summed E-state index contributed by atoms with van der Waals surface area (Å²) in [6, 6.07) is 10.1. The minimum Gasteiger partial charge on any atom is -0.295 e. The lowest BCUT2D eigenvalue weighted by Crippen LogP contribution is -2.10. The molecule has 0 saturated carbocycles. The highest BCUT2D eigenvalue weighted by molar-refractivity contribution is 6.03. The van der Waals surface area contributed by atoms with Gasteiger partial charge in [0.05, 0.1) is 0 Å². The number of hydrogen-bond acceptors (Lipinski definition) is 1. The zero-order valence-electron chi connectivity index (χ0n) is 8.58. The smallest absolute Gasteiger partial charge is 0.156 e. The Balaban J connectivity index is 2.45. The monoisotopic (exact) mass is 186 g/mol. The molecule has 1 aliphatic carbocycles. The van der Waals surface area contributed by atoms with Crippen molar-refractivity contribution in [3.8, 4) is 0 Å². The van der Waals surface area contributed by atoms with E-state index >= 15 is 0 Å². The Morgan fingerprint density at radius 3 is 2.29 bits per heavy atom. The number of carbonyl (C=O) groups excluding carboxylic acids is 1. The van der Waals surface area contributed by atoms with Crippen LogP contribution >= 0.6 is 0 Å². The lowest BCUT2D eigenvalue weighted by Gasteiger charge is -2.21. The van der Waals surface area contributed by atoms with Crippen LogP contribution in [0.2, 0.25) is 0 Å². The van der Waals surface area contributed by atoms with E-state index in [0.717, 1.165) is 0 Å². The zero-order valence-corrected chi connectivity index (χ0v) is 8.58. The van der Waals surface area contributed by atoms with Crippen molar-refractivity contribution < 1.29 is 4.79 Å². The van der Waals surface area contributed by atoms with Gasteiger partial charge in [0.15, 0.2) is 5.78 Å². The van der Waals surface area contributed by atoms with Crippen molar-refractivity contribution in [3.63, 3.8) is 0 Å². The molecule has 72 valence electrons. The van der Waals surface area contributed by atoms with Gasteiger partial charge in [-0.15, -0.1) is 0 Å². The molecule has 2 rings (SSSR count). The van der Waals surface area contributed by atoms with E-state index in [9.17, 15) is 4.79 Å². The third kappa shape index (κ3) is 1.50. The van der Waals surface area contributed by atoms with E-state index in [-0.39, 0.29) is 11.2 Å². The maximum Gasteiger partial charge on any atom is 0.156 e. The third-order valence-electron chi connectivity index (χ3n) is 2.74. The molecule has 1 aliphatic rings. The van der Waals surface area contributed by atoms with Gasteiger partial charge >= 0.3 is 0 Å². The van der Waals surface area contributed by atoms with Gasteiger partial charge in [0.25, 0.3) is 0 Å². The van der Waals surface area contributed by atoms with Crippen molar-refractivity contribution in [2.24, 2.45) is 5.41 Å². The fourth-order valence-corrected chi connectivity index (χ4v) is 2.03. The van der Waals surface area contributed by atoms with E-state index in [0.29, 0.717) is 6.42 Å². The van der Waals surface area contributed by atoms with Crippen LogP contribution in [0.3, 0.4) is 0 Å². The van der Waals surface area contributed by atoms with Gasteiger partial charge in [0.2, 0.25) is 0 Å². The molecule has 1 nitrogen and oxygen atoms in total. The fraction of sp³-hybridized carbons (Fsp3) is 0.308. The van der Waals surface area contributed by atoms with Gasteiger partial charge in [-0.25, -0.2) is 0 Å². The molecule has 0 saturated heterocycles. The van der Waals surface area contributed by atoms with Crippen molar-refractivity contribution in [2.75, 3.05) is 0 Å². The average Bonchev–Trinajstić information content (AvgIpc) is 2.41. The number of ketones is 1. The highest BCUT2D eigenvalue weighted by Gasteiger charge is 2.32. The van der Waals surface area contributed by atoms with Crippen LogP contribution in [0.15, 0.2) is 36.4 Å². The highest BCUT2D eigenvalue weighted by atomic mass is 16.1. The predicted octanol–water partition coefficient (Wildman–Crippen LogP) is 3.07.